The van der Waals surface area contributed by atoms with Gasteiger partial charge in [0, 0.05) is 6.61 Å². The monoisotopic (exact) mass is 257 g/mol. The minimum Gasteiger partial charge on any atom is -0.480 e. The average Bonchev–Trinajstić information content (AvgIpc) is 3.07. The van der Waals surface area contributed by atoms with E-state index in [0.717, 1.165) is 32.3 Å². The predicted molar refractivity (Wildman–Crippen MR) is 66.6 cm³/mol. The number of aliphatic carboxylic acids is 1. The van der Waals surface area contributed by atoms with Gasteiger partial charge < -0.3 is 14.6 Å². The fourth-order valence-electron chi connectivity index (χ4n) is 2.44. The molecule has 0 aromatic carbocycles. The van der Waals surface area contributed by atoms with E-state index in [-0.39, 0.29) is 18.6 Å². The Morgan fingerprint density at radius 2 is 2.28 bits per heavy atom. The van der Waals surface area contributed by atoms with Gasteiger partial charge in [0.25, 0.3) is 0 Å². The topological polar surface area (TPSA) is 67.8 Å². The molecule has 1 saturated carbocycles. The van der Waals surface area contributed by atoms with Crippen molar-refractivity contribution in [3.8, 4) is 0 Å². The normalized spacial score (nSPS) is 27.1. The zero-order chi connectivity index (χ0) is 13.0. The molecular formula is C13H23NO4. The number of rotatable bonds is 8. The number of carboxylic acid groups (broad SMARTS) is 1. The molecule has 2 fully saturated rings. The summed E-state index contributed by atoms with van der Waals surface area (Å²) >= 11 is 0. The summed E-state index contributed by atoms with van der Waals surface area (Å²) in [6, 6.07) is 0. The number of carboxylic acids is 1. The molecule has 0 aromatic rings. The van der Waals surface area contributed by atoms with Crippen LogP contribution in [0.15, 0.2) is 0 Å². The molecule has 1 heterocycles. The minimum atomic E-state index is -0.890. The summed E-state index contributed by atoms with van der Waals surface area (Å²) < 4.78 is 11.0. The second kappa shape index (κ2) is 5.99. The van der Waals surface area contributed by atoms with Crippen molar-refractivity contribution in [2.24, 2.45) is 5.92 Å². The molecule has 2 unspecified atom stereocenters. The fourth-order valence-corrected chi connectivity index (χ4v) is 2.44. The Morgan fingerprint density at radius 3 is 2.78 bits per heavy atom. The number of carbonyl (C=O) groups is 1. The SMILES string of the molecule is CCCNC(COC1CCOC1)(C(=O)O)C1CC1. The summed E-state index contributed by atoms with van der Waals surface area (Å²) in [5.41, 5.74) is -0.890. The molecule has 18 heavy (non-hydrogen) atoms. The van der Waals surface area contributed by atoms with Crippen LogP contribution in [0.1, 0.15) is 32.6 Å². The first-order chi connectivity index (χ1) is 8.69. The summed E-state index contributed by atoms with van der Waals surface area (Å²) in [5.74, 6) is -0.568. The van der Waals surface area contributed by atoms with Gasteiger partial charge in [-0.2, -0.15) is 0 Å². The highest BCUT2D eigenvalue weighted by molar-refractivity contribution is 5.80. The fraction of sp³-hybridized carbons (Fsp3) is 0.923. The average molecular weight is 257 g/mol. The van der Waals surface area contributed by atoms with Crippen LogP contribution in [-0.4, -0.2) is 49.1 Å². The van der Waals surface area contributed by atoms with Crippen molar-refractivity contribution in [1.82, 2.24) is 5.32 Å². The standard InChI is InChI=1S/C13H23NO4/c1-2-6-14-13(12(15)16,10-3-4-10)9-18-11-5-7-17-8-11/h10-11,14H,2-9H2,1H3,(H,15,16). The summed E-state index contributed by atoms with van der Waals surface area (Å²) in [6.07, 6.45) is 3.81. The summed E-state index contributed by atoms with van der Waals surface area (Å²) in [4.78, 5) is 11.6. The molecule has 1 aliphatic heterocycles. The van der Waals surface area contributed by atoms with Crippen LogP contribution in [0, 0.1) is 5.92 Å². The Kier molecular flexibility index (Phi) is 4.59. The van der Waals surface area contributed by atoms with Gasteiger partial charge in [0.1, 0.15) is 5.54 Å². The Bertz CT molecular complexity index is 287. The first-order valence-electron chi connectivity index (χ1n) is 6.87. The van der Waals surface area contributed by atoms with Crippen molar-refractivity contribution in [3.05, 3.63) is 0 Å². The smallest absolute Gasteiger partial charge is 0.326 e. The lowest BCUT2D eigenvalue weighted by molar-refractivity contribution is -0.150. The molecule has 2 atom stereocenters. The molecular weight excluding hydrogens is 234 g/mol. The molecule has 104 valence electrons. The third-order valence-corrected chi connectivity index (χ3v) is 3.78. The van der Waals surface area contributed by atoms with Gasteiger partial charge in [-0.15, -0.1) is 0 Å². The van der Waals surface area contributed by atoms with E-state index in [1.165, 1.54) is 0 Å². The van der Waals surface area contributed by atoms with E-state index >= 15 is 0 Å². The van der Waals surface area contributed by atoms with E-state index in [9.17, 15) is 9.90 Å². The molecule has 1 aliphatic carbocycles. The maximum absolute atomic E-state index is 11.6. The lowest BCUT2D eigenvalue weighted by Gasteiger charge is -2.31. The molecule has 2 rings (SSSR count). The van der Waals surface area contributed by atoms with Gasteiger partial charge in [0.05, 0.1) is 19.3 Å². The molecule has 1 saturated heterocycles. The van der Waals surface area contributed by atoms with Crippen LogP contribution in [0.3, 0.4) is 0 Å². The molecule has 5 nitrogen and oxygen atoms in total. The van der Waals surface area contributed by atoms with Crippen molar-refractivity contribution in [1.29, 1.82) is 0 Å². The lowest BCUT2D eigenvalue weighted by Crippen LogP contribution is -2.58. The van der Waals surface area contributed by atoms with Gasteiger partial charge in [-0.05, 0) is 38.1 Å². The second-order valence-corrected chi connectivity index (χ2v) is 5.27. The summed E-state index contributed by atoms with van der Waals surface area (Å²) in [5, 5.41) is 12.8. The Hall–Kier alpha value is -0.650. The van der Waals surface area contributed by atoms with E-state index in [1.807, 2.05) is 6.92 Å². The number of nitrogens with one attached hydrogen (secondary N) is 1. The maximum atomic E-state index is 11.6. The third kappa shape index (κ3) is 3.02. The Labute approximate surface area is 108 Å². The Morgan fingerprint density at radius 1 is 1.50 bits per heavy atom. The van der Waals surface area contributed by atoms with Crippen molar-refractivity contribution < 1.29 is 19.4 Å². The van der Waals surface area contributed by atoms with Crippen LogP contribution in [0.5, 0.6) is 0 Å². The van der Waals surface area contributed by atoms with Crippen LogP contribution in [0.25, 0.3) is 0 Å². The van der Waals surface area contributed by atoms with Crippen LogP contribution in [-0.2, 0) is 14.3 Å². The number of hydrogen-bond donors (Lipinski definition) is 2. The van der Waals surface area contributed by atoms with Gasteiger partial charge in [-0.1, -0.05) is 6.92 Å². The number of hydrogen-bond acceptors (Lipinski definition) is 4. The molecule has 0 aromatic heterocycles. The van der Waals surface area contributed by atoms with Crippen molar-refractivity contribution in [2.45, 2.75) is 44.2 Å². The molecule has 0 radical (unpaired) electrons. The van der Waals surface area contributed by atoms with Crippen LogP contribution < -0.4 is 5.32 Å². The highest BCUT2D eigenvalue weighted by atomic mass is 16.5. The molecule has 5 heteroatoms. The molecule has 0 amide bonds. The van der Waals surface area contributed by atoms with Gasteiger partial charge in [-0.3, -0.25) is 10.1 Å². The van der Waals surface area contributed by atoms with Gasteiger partial charge in [0.2, 0.25) is 0 Å². The Balaban J connectivity index is 1.95. The highest BCUT2D eigenvalue weighted by Gasteiger charge is 2.51. The van der Waals surface area contributed by atoms with Crippen LogP contribution in [0.4, 0.5) is 0 Å². The zero-order valence-corrected chi connectivity index (χ0v) is 11.0. The van der Waals surface area contributed by atoms with E-state index in [1.54, 1.807) is 0 Å². The van der Waals surface area contributed by atoms with Crippen LogP contribution in [0.2, 0.25) is 0 Å². The first-order valence-corrected chi connectivity index (χ1v) is 6.87. The molecule has 2 aliphatic rings. The quantitative estimate of drug-likeness (QED) is 0.679. The third-order valence-electron chi connectivity index (χ3n) is 3.78. The maximum Gasteiger partial charge on any atom is 0.326 e. The van der Waals surface area contributed by atoms with Gasteiger partial charge in [-0.25, -0.2) is 0 Å². The predicted octanol–water partition coefficient (Wildman–Crippen LogP) is 1.02. The zero-order valence-electron chi connectivity index (χ0n) is 11.0. The summed E-state index contributed by atoms with van der Waals surface area (Å²) in [6.45, 7) is 4.32. The van der Waals surface area contributed by atoms with Crippen molar-refractivity contribution in [3.63, 3.8) is 0 Å². The minimum absolute atomic E-state index is 0.0610. The lowest BCUT2D eigenvalue weighted by atomic mass is 9.94. The molecule has 0 spiro atoms. The van der Waals surface area contributed by atoms with Gasteiger partial charge in [0.15, 0.2) is 0 Å². The van der Waals surface area contributed by atoms with E-state index in [2.05, 4.69) is 5.32 Å². The largest absolute Gasteiger partial charge is 0.480 e. The van der Waals surface area contributed by atoms with Crippen LogP contribution >= 0.6 is 0 Å². The summed E-state index contributed by atoms with van der Waals surface area (Å²) in [7, 11) is 0. The molecule has 0 bridgehead atoms. The van der Waals surface area contributed by atoms with E-state index in [4.69, 9.17) is 9.47 Å². The van der Waals surface area contributed by atoms with E-state index < -0.39 is 11.5 Å². The second-order valence-electron chi connectivity index (χ2n) is 5.27. The number of ether oxygens (including phenoxy) is 2. The highest BCUT2D eigenvalue weighted by Crippen LogP contribution is 2.40. The molecule has 2 N–H and O–H groups in total. The van der Waals surface area contributed by atoms with E-state index in [0.29, 0.717) is 13.2 Å². The van der Waals surface area contributed by atoms with Crippen molar-refractivity contribution >= 4 is 5.97 Å². The van der Waals surface area contributed by atoms with Gasteiger partial charge >= 0.3 is 5.97 Å². The van der Waals surface area contributed by atoms with Crippen molar-refractivity contribution in [2.75, 3.05) is 26.4 Å². The first kappa shape index (κ1) is 13.8.